The van der Waals surface area contributed by atoms with E-state index in [9.17, 15) is 14.0 Å². The van der Waals surface area contributed by atoms with Gasteiger partial charge in [-0.2, -0.15) is 0 Å². The number of hydrogen-bond donors (Lipinski definition) is 0. The molecule has 0 N–H and O–H groups in total. The number of ether oxygens (including phenoxy) is 1. The van der Waals surface area contributed by atoms with Gasteiger partial charge in [0.1, 0.15) is 5.82 Å². The Kier molecular flexibility index (Phi) is 8.04. The minimum absolute atomic E-state index is 0.0994. The molecule has 0 spiro atoms. The molecule has 0 saturated carbocycles. The molecule has 0 aromatic heterocycles. The van der Waals surface area contributed by atoms with Crippen LogP contribution in [0.1, 0.15) is 44.1 Å². The summed E-state index contributed by atoms with van der Waals surface area (Å²) in [6.45, 7) is 3.48. The lowest BCUT2D eigenvalue weighted by Crippen LogP contribution is -2.49. The molecule has 160 valence electrons. The van der Waals surface area contributed by atoms with Gasteiger partial charge in [-0.1, -0.05) is 12.1 Å². The highest BCUT2D eigenvalue weighted by Gasteiger charge is 2.33. The van der Waals surface area contributed by atoms with Crippen molar-refractivity contribution in [1.29, 1.82) is 0 Å². The monoisotopic (exact) mass is 404 g/mol. The first-order valence-electron chi connectivity index (χ1n) is 10.9. The van der Waals surface area contributed by atoms with Crippen molar-refractivity contribution in [2.75, 3.05) is 39.9 Å². The summed E-state index contributed by atoms with van der Waals surface area (Å²) in [4.78, 5) is 29.1. The third kappa shape index (κ3) is 6.26. The van der Waals surface area contributed by atoms with Gasteiger partial charge < -0.3 is 14.5 Å². The van der Waals surface area contributed by atoms with Crippen molar-refractivity contribution >= 4 is 11.8 Å². The second-order valence-corrected chi connectivity index (χ2v) is 8.36. The smallest absolute Gasteiger partial charge is 0.227 e. The largest absolute Gasteiger partial charge is 0.385 e. The van der Waals surface area contributed by atoms with E-state index < -0.39 is 0 Å². The van der Waals surface area contributed by atoms with Crippen LogP contribution in [0.15, 0.2) is 24.3 Å². The predicted octanol–water partition coefficient (Wildman–Crippen LogP) is 3.27. The van der Waals surface area contributed by atoms with E-state index in [1.807, 2.05) is 11.0 Å². The predicted molar refractivity (Wildman–Crippen MR) is 110 cm³/mol. The summed E-state index contributed by atoms with van der Waals surface area (Å²) in [5.41, 5.74) is 0.877. The van der Waals surface area contributed by atoms with E-state index in [0.717, 1.165) is 44.5 Å². The first-order chi connectivity index (χ1) is 14.1. The van der Waals surface area contributed by atoms with Gasteiger partial charge in [-0.15, -0.1) is 0 Å². The van der Waals surface area contributed by atoms with Gasteiger partial charge in [0.25, 0.3) is 0 Å². The minimum Gasteiger partial charge on any atom is -0.385 e. The van der Waals surface area contributed by atoms with Crippen molar-refractivity contribution in [3.63, 3.8) is 0 Å². The fourth-order valence-corrected chi connectivity index (χ4v) is 4.51. The molecule has 6 heteroatoms. The number of carbonyl (C=O) groups is 2. The Morgan fingerprint density at radius 3 is 2.76 bits per heavy atom. The molecule has 5 nitrogen and oxygen atoms in total. The Bertz CT molecular complexity index is 688. The zero-order chi connectivity index (χ0) is 20.6. The Morgan fingerprint density at radius 1 is 1.24 bits per heavy atom. The van der Waals surface area contributed by atoms with E-state index in [1.165, 1.54) is 18.6 Å². The summed E-state index contributed by atoms with van der Waals surface area (Å²) in [6, 6.07) is 6.49. The number of benzene rings is 1. The fraction of sp³-hybridized carbons (Fsp3) is 0.652. The fourth-order valence-electron chi connectivity index (χ4n) is 4.51. The van der Waals surface area contributed by atoms with E-state index in [1.54, 1.807) is 18.1 Å². The van der Waals surface area contributed by atoms with Gasteiger partial charge in [-0.3, -0.25) is 9.59 Å². The number of hydrogen-bond acceptors (Lipinski definition) is 3. The lowest BCUT2D eigenvalue weighted by molar-refractivity contribution is -0.144. The maximum Gasteiger partial charge on any atom is 0.227 e. The Hall–Kier alpha value is -1.95. The highest BCUT2D eigenvalue weighted by atomic mass is 19.1. The second kappa shape index (κ2) is 10.7. The summed E-state index contributed by atoms with van der Waals surface area (Å²) in [5, 5.41) is 0. The lowest BCUT2D eigenvalue weighted by Gasteiger charge is -2.38. The van der Waals surface area contributed by atoms with Crippen molar-refractivity contribution in [2.45, 2.75) is 44.9 Å². The first-order valence-corrected chi connectivity index (χ1v) is 10.9. The lowest BCUT2D eigenvalue weighted by atomic mass is 9.90. The van der Waals surface area contributed by atoms with Gasteiger partial charge in [0.2, 0.25) is 11.8 Å². The van der Waals surface area contributed by atoms with Crippen LogP contribution in [0.5, 0.6) is 0 Å². The van der Waals surface area contributed by atoms with Crippen molar-refractivity contribution in [1.82, 2.24) is 9.80 Å². The molecule has 1 atom stereocenters. The average molecular weight is 405 g/mol. The van der Waals surface area contributed by atoms with Crippen LogP contribution in [0.3, 0.4) is 0 Å². The molecule has 2 saturated heterocycles. The van der Waals surface area contributed by atoms with Crippen molar-refractivity contribution in [2.24, 2.45) is 11.8 Å². The van der Waals surface area contributed by atoms with Crippen LogP contribution in [0.2, 0.25) is 0 Å². The summed E-state index contributed by atoms with van der Waals surface area (Å²) in [7, 11) is 1.73. The van der Waals surface area contributed by atoms with Crippen LogP contribution in [0, 0.1) is 17.7 Å². The van der Waals surface area contributed by atoms with Gasteiger partial charge >= 0.3 is 0 Å². The van der Waals surface area contributed by atoms with Crippen LogP contribution in [-0.2, 0) is 20.7 Å². The molecule has 0 radical (unpaired) electrons. The molecule has 1 aromatic rings. The van der Waals surface area contributed by atoms with E-state index in [0.29, 0.717) is 38.3 Å². The maximum atomic E-state index is 13.4. The number of likely N-dealkylation sites (tertiary alicyclic amines) is 2. The summed E-state index contributed by atoms with van der Waals surface area (Å²) in [6.07, 6.45) is 6.04. The molecular formula is C23H33FN2O3. The SMILES string of the molecule is COCCCC1CCN(C(=O)[C@@H]2CCC(=O)N(CCc3cccc(F)c3)C2)CC1. The number of halogens is 1. The second-order valence-electron chi connectivity index (χ2n) is 8.36. The van der Waals surface area contributed by atoms with E-state index >= 15 is 0 Å². The number of nitrogens with zero attached hydrogens (tertiary/aromatic N) is 2. The Morgan fingerprint density at radius 2 is 2.03 bits per heavy atom. The van der Waals surface area contributed by atoms with Crippen molar-refractivity contribution in [3.05, 3.63) is 35.6 Å². The number of piperidine rings is 2. The molecule has 2 heterocycles. The molecule has 2 aliphatic heterocycles. The topological polar surface area (TPSA) is 49.9 Å². The highest BCUT2D eigenvalue weighted by molar-refractivity contribution is 5.84. The third-order valence-corrected chi connectivity index (χ3v) is 6.30. The molecule has 0 bridgehead atoms. The quantitative estimate of drug-likeness (QED) is 0.625. The number of amides is 2. The minimum atomic E-state index is -0.258. The molecule has 2 aliphatic rings. The maximum absolute atomic E-state index is 13.4. The van der Waals surface area contributed by atoms with Gasteiger partial charge in [0.05, 0.1) is 5.92 Å². The van der Waals surface area contributed by atoms with Crippen LogP contribution < -0.4 is 0 Å². The van der Waals surface area contributed by atoms with Crippen LogP contribution in [-0.4, -0.2) is 61.5 Å². The zero-order valence-corrected chi connectivity index (χ0v) is 17.4. The summed E-state index contributed by atoms with van der Waals surface area (Å²) >= 11 is 0. The van der Waals surface area contributed by atoms with Crippen LogP contribution in [0.4, 0.5) is 4.39 Å². The molecule has 29 heavy (non-hydrogen) atoms. The van der Waals surface area contributed by atoms with E-state index in [-0.39, 0.29) is 23.5 Å². The third-order valence-electron chi connectivity index (χ3n) is 6.30. The number of carbonyl (C=O) groups excluding carboxylic acids is 2. The van der Waals surface area contributed by atoms with Crippen molar-refractivity contribution < 1.29 is 18.7 Å². The van der Waals surface area contributed by atoms with Gasteiger partial charge in [-0.25, -0.2) is 4.39 Å². The standard InChI is InChI=1S/C23H33FN2O3/c1-29-15-3-5-18-9-12-25(13-10-18)23(28)20-7-8-22(27)26(17-20)14-11-19-4-2-6-21(24)16-19/h2,4,6,16,18,20H,3,5,7-15,17H2,1H3/t20-/m1/s1. The summed E-state index contributed by atoms with van der Waals surface area (Å²) in [5.74, 6) is 0.618. The van der Waals surface area contributed by atoms with Gasteiger partial charge in [0, 0.05) is 46.3 Å². The zero-order valence-electron chi connectivity index (χ0n) is 17.4. The van der Waals surface area contributed by atoms with Gasteiger partial charge in [0.15, 0.2) is 0 Å². The normalized spacial score (nSPS) is 20.9. The first kappa shape index (κ1) is 21.8. The molecule has 1 aromatic carbocycles. The molecule has 3 rings (SSSR count). The van der Waals surface area contributed by atoms with Crippen LogP contribution in [0.25, 0.3) is 0 Å². The Balaban J connectivity index is 1.47. The average Bonchev–Trinajstić information content (AvgIpc) is 2.73. The summed E-state index contributed by atoms with van der Waals surface area (Å²) < 4.78 is 18.5. The van der Waals surface area contributed by atoms with Crippen molar-refractivity contribution in [3.8, 4) is 0 Å². The van der Waals surface area contributed by atoms with E-state index in [4.69, 9.17) is 4.74 Å². The highest BCUT2D eigenvalue weighted by Crippen LogP contribution is 2.26. The van der Waals surface area contributed by atoms with Gasteiger partial charge in [-0.05, 0) is 62.1 Å². The molecule has 2 fully saturated rings. The molecule has 2 amide bonds. The number of rotatable bonds is 8. The molecule has 0 aliphatic carbocycles. The Labute approximate surface area is 173 Å². The van der Waals surface area contributed by atoms with E-state index in [2.05, 4.69) is 0 Å². The van der Waals surface area contributed by atoms with Crippen LogP contribution >= 0.6 is 0 Å². The molecular weight excluding hydrogens is 371 g/mol. The molecule has 0 unspecified atom stereocenters. The number of methoxy groups -OCH3 is 1.